The Morgan fingerprint density at radius 1 is 1.38 bits per heavy atom. The Kier molecular flexibility index (Phi) is 3.45. The van der Waals surface area contributed by atoms with Gasteiger partial charge in [-0.15, -0.1) is 10.2 Å². The van der Waals surface area contributed by atoms with Crippen LogP contribution >= 0.6 is 0 Å². The largest absolute Gasteiger partial charge is 0.347 e. The number of aromatic nitrogens is 3. The third kappa shape index (κ3) is 2.66. The first kappa shape index (κ1) is 13.7. The predicted molar refractivity (Wildman–Crippen MR) is 75.5 cm³/mol. The lowest BCUT2D eigenvalue weighted by Gasteiger charge is -2.25. The first-order valence-electron chi connectivity index (χ1n) is 7.00. The molecule has 110 valence electrons. The van der Waals surface area contributed by atoms with Gasteiger partial charge in [0, 0.05) is 24.6 Å². The maximum absolute atomic E-state index is 13.5. The van der Waals surface area contributed by atoms with Gasteiger partial charge in [-0.1, -0.05) is 6.07 Å². The van der Waals surface area contributed by atoms with E-state index in [0.717, 1.165) is 24.5 Å². The number of nitrogens with zero attached hydrogens (tertiary/aromatic N) is 3. The van der Waals surface area contributed by atoms with Crippen LogP contribution in [-0.2, 0) is 13.0 Å². The molecule has 2 aromatic rings. The first-order valence-corrected chi connectivity index (χ1v) is 7.00. The fourth-order valence-corrected chi connectivity index (χ4v) is 2.58. The van der Waals surface area contributed by atoms with Crippen molar-refractivity contribution in [3.05, 3.63) is 46.8 Å². The number of carbonyl (C=O) groups is 1. The summed E-state index contributed by atoms with van der Waals surface area (Å²) < 4.78 is 15.5. The molecule has 0 saturated carbocycles. The lowest BCUT2D eigenvalue weighted by Crippen LogP contribution is -2.41. The summed E-state index contributed by atoms with van der Waals surface area (Å²) in [6.07, 6.45) is 1.60. The molecule has 1 atom stereocenters. The zero-order valence-electron chi connectivity index (χ0n) is 12.1. The summed E-state index contributed by atoms with van der Waals surface area (Å²) in [6, 6.07) is 4.56. The molecule has 0 fully saturated rings. The highest BCUT2D eigenvalue weighted by Crippen LogP contribution is 2.16. The van der Waals surface area contributed by atoms with Gasteiger partial charge in [0.05, 0.1) is 0 Å². The lowest BCUT2D eigenvalue weighted by molar-refractivity contribution is 0.0927. The van der Waals surface area contributed by atoms with E-state index in [9.17, 15) is 9.18 Å². The van der Waals surface area contributed by atoms with Crippen LogP contribution in [0.25, 0.3) is 0 Å². The highest BCUT2D eigenvalue weighted by molar-refractivity contribution is 5.94. The van der Waals surface area contributed by atoms with Gasteiger partial charge in [-0.3, -0.25) is 4.79 Å². The monoisotopic (exact) mass is 288 g/mol. The minimum atomic E-state index is -0.358. The van der Waals surface area contributed by atoms with Crippen LogP contribution in [0.4, 0.5) is 4.39 Å². The van der Waals surface area contributed by atoms with Crippen molar-refractivity contribution in [2.75, 3.05) is 0 Å². The fourth-order valence-electron chi connectivity index (χ4n) is 2.58. The van der Waals surface area contributed by atoms with Crippen LogP contribution in [-0.4, -0.2) is 26.7 Å². The summed E-state index contributed by atoms with van der Waals surface area (Å²) in [4.78, 5) is 12.2. The van der Waals surface area contributed by atoms with E-state index >= 15 is 0 Å². The number of nitrogens with one attached hydrogen (secondary N) is 1. The van der Waals surface area contributed by atoms with Crippen LogP contribution in [0.15, 0.2) is 18.2 Å². The zero-order valence-corrected chi connectivity index (χ0v) is 12.1. The van der Waals surface area contributed by atoms with Crippen molar-refractivity contribution in [3.8, 4) is 0 Å². The Bertz CT molecular complexity index is 695. The molecule has 0 spiro atoms. The van der Waals surface area contributed by atoms with Gasteiger partial charge < -0.3 is 9.88 Å². The molecule has 1 aliphatic rings. The molecule has 1 N–H and O–H groups in total. The highest BCUT2D eigenvalue weighted by Gasteiger charge is 2.23. The summed E-state index contributed by atoms with van der Waals surface area (Å²) >= 11 is 0. The Hall–Kier alpha value is -2.24. The number of hydrogen-bond acceptors (Lipinski definition) is 3. The van der Waals surface area contributed by atoms with Crippen LogP contribution < -0.4 is 5.32 Å². The highest BCUT2D eigenvalue weighted by atomic mass is 19.1. The molecular weight excluding hydrogens is 271 g/mol. The topological polar surface area (TPSA) is 59.8 Å². The van der Waals surface area contributed by atoms with Gasteiger partial charge in [-0.25, -0.2) is 4.39 Å². The predicted octanol–water partition coefficient (Wildman–Crippen LogP) is 1.78. The van der Waals surface area contributed by atoms with Crippen LogP contribution in [0.5, 0.6) is 0 Å². The maximum Gasteiger partial charge on any atom is 0.251 e. The molecule has 1 amide bonds. The first-order chi connectivity index (χ1) is 10.0. The molecule has 21 heavy (non-hydrogen) atoms. The van der Waals surface area contributed by atoms with Crippen molar-refractivity contribution < 1.29 is 9.18 Å². The number of fused-ring (bicyclic) bond motifs is 1. The van der Waals surface area contributed by atoms with E-state index in [1.54, 1.807) is 19.1 Å². The molecule has 1 aromatic carbocycles. The summed E-state index contributed by atoms with van der Waals surface area (Å²) in [5.41, 5.74) is 0.887. The SMILES string of the molecule is Cc1ccc(C(=O)NC2CCc3nnc(C)n3C2)cc1F. The van der Waals surface area contributed by atoms with Gasteiger partial charge in [-0.05, 0) is 38.0 Å². The van der Waals surface area contributed by atoms with Gasteiger partial charge in [-0.2, -0.15) is 0 Å². The second-order valence-corrected chi connectivity index (χ2v) is 5.45. The molecule has 2 heterocycles. The van der Waals surface area contributed by atoms with Crippen LogP contribution in [0, 0.1) is 19.7 Å². The van der Waals surface area contributed by atoms with E-state index in [1.807, 2.05) is 11.5 Å². The van der Waals surface area contributed by atoms with Gasteiger partial charge >= 0.3 is 0 Å². The average Bonchev–Trinajstić information content (AvgIpc) is 2.83. The van der Waals surface area contributed by atoms with Crippen molar-refractivity contribution in [2.24, 2.45) is 0 Å². The Labute approximate surface area is 122 Å². The second-order valence-electron chi connectivity index (χ2n) is 5.45. The molecule has 0 radical (unpaired) electrons. The molecule has 1 aliphatic heterocycles. The number of rotatable bonds is 2. The quantitative estimate of drug-likeness (QED) is 0.916. The molecule has 0 aliphatic carbocycles. The van der Waals surface area contributed by atoms with E-state index < -0.39 is 0 Å². The summed E-state index contributed by atoms with van der Waals surface area (Å²) in [7, 11) is 0. The third-order valence-electron chi connectivity index (χ3n) is 3.90. The van der Waals surface area contributed by atoms with Gasteiger partial charge in [0.25, 0.3) is 5.91 Å². The van der Waals surface area contributed by atoms with Crippen molar-refractivity contribution in [3.63, 3.8) is 0 Å². The minimum Gasteiger partial charge on any atom is -0.347 e. The minimum absolute atomic E-state index is 0.0177. The summed E-state index contributed by atoms with van der Waals surface area (Å²) in [5.74, 6) is 1.21. The molecule has 0 bridgehead atoms. The smallest absolute Gasteiger partial charge is 0.251 e. The van der Waals surface area contributed by atoms with Gasteiger partial charge in [0.1, 0.15) is 17.5 Å². The van der Waals surface area contributed by atoms with Crippen LogP contribution in [0.1, 0.15) is 34.0 Å². The number of benzene rings is 1. The van der Waals surface area contributed by atoms with Crippen LogP contribution in [0.2, 0.25) is 0 Å². The molecule has 0 saturated heterocycles. The molecule has 1 aromatic heterocycles. The van der Waals surface area contributed by atoms with E-state index in [4.69, 9.17) is 0 Å². The summed E-state index contributed by atoms with van der Waals surface area (Å²) in [6.45, 7) is 4.23. The van der Waals surface area contributed by atoms with Crippen LogP contribution in [0.3, 0.4) is 0 Å². The average molecular weight is 288 g/mol. The third-order valence-corrected chi connectivity index (χ3v) is 3.90. The Balaban J connectivity index is 1.71. The number of carbonyl (C=O) groups excluding carboxylic acids is 1. The maximum atomic E-state index is 13.5. The number of amides is 1. The number of hydrogen-bond donors (Lipinski definition) is 1. The normalized spacial score (nSPS) is 17.4. The van der Waals surface area contributed by atoms with Gasteiger partial charge in [0.2, 0.25) is 0 Å². The van der Waals surface area contributed by atoms with Gasteiger partial charge in [0.15, 0.2) is 0 Å². The Morgan fingerprint density at radius 2 is 2.19 bits per heavy atom. The van der Waals surface area contributed by atoms with E-state index in [2.05, 4.69) is 15.5 Å². The summed E-state index contributed by atoms with van der Waals surface area (Å²) in [5, 5.41) is 11.1. The van der Waals surface area contributed by atoms with Crippen molar-refractivity contribution in [1.29, 1.82) is 0 Å². The standard InChI is InChI=1S/C15H17FN4O/c1-9-3-4-11(7-13(9)16)15(21)17-12-5-6-14-19-18-10(2)20(14)8-12/h3-4,7,12H,5-6,8H2,1-2H3,(H,17,21). The molecule has 3 rings (SSSR count). The zero-order chi connectivity index (χ0) is 15.0. The van der Waals surface area contributed by atoms with Crippen molar-refractivity contribution in [1.82, 2.24) is 20.1 Å². The molecule has 5 nitrogen and oxygen atoms in total. The van der Waals surface area contributed by atoms with E-state index in [-0.39, 0.29) is 17.8 Å². The lowest BCUT2D eigenvalue weighted by atomic mass is 10.1. The second kappa shape index (κ2) is 5.27. The molecule has 6 heteroatoms. The fraction of sp³-hybridized carbons (Fsp3) is 0.400. The van der Waals surface area contributed by atoms with E-state index in [0.29, 0.717) is 17.7 Å². The van der Waals surface area contributed by atoms with Crippen molar-refractivity contribution >= 4 is 5.91 Å². The van der Waals surface area contributed by atoms with E-state index in [1.165, 1.54) is 6.07 Å². The number of aryl methyl sites for hydroxylation is 3. The number of halogens is 1. The van der Waals surface area contributed by atoms with Crippen molar-refractivity contribution in [2.45, 2.75) is 39.3 Å². The molecule has 1 unspecified atom stereocenters. The molecular formula is C15H17FN4O. The Morgan fingerprint density at radius 3 is 2.95 bits per heavy atom.